The third-order valence-corrected chi connectivity index (χ3v) is 3.37. The number of rotatable bonds is 4. The maximum atomic E-state index is 12.2. The summed E-state index contributed by atoms with van der Waals surface area (Å²) in [6.07, 6.45) is 3.23. The van der Waals surface area contributed by atoms with Gasteiger partial charge < -0.3 is 15.5 Å². The average molecular weight is 269 g/mol. The van der Waals surface area contributed by atoms with Gasteiger partial charge in [0.2, 0.25) is 11.8 Å². The Labute approximate surface area is 116 Å². The number of nitrogens with one attached hydrogen (secondary N) is 2. The largest absolute Gasteiger partial charge is 0.357 e. The molecule has 2 amide bonds. The van der Waals surface area contributed by atoms with Gasteiger partial charge in [0.25, 0.3) is 0 Å². The van der Waals surface area contributed by atoms with Crippen molar-refractivity contribution in [1.82, 2.24) is 15.5 Å². The Balaban J connectivity index is 2.50. The van der Waals surface area contributed by atoms with E-state index < -0.39 is 0 Å². The second-order valence-electron chi connectivity index (χ2n) is 6.14. The fourth-order valence-corrected chi connectivity index (χ4v) is 2.36. The lowest BCUT2D eigenvalue weighted by atomic mass is 10.0. The van der Waals surface area contributed by atoms with Crippen molar-refractivity contribution < 1.29 is 9.59 Å². The molecule has 1 unspecified atom stereocenters. The van der Waals surface area contributed by atoms with Crippen LogP contribution in [0.25, 0.3) is 0 Å². The third-order valence-electron chi connectivity index (χ3n) is 3.37. The molecule has 1 fully saturated rings. The lowest BCUT2D eigenvalue weighted by Gasteiger charge is -2.34. The van der Waals surface area contributed by atoms with Crippen molar-refractivity contribution in [2.24, 2.45) is 0 Å². The SMILES string of the molecule is CNC(=O)C1CCCCN1C(=O)CCNC(C)(C)C. The molecule has 110 valence electrons. The summed E-state index contributed by atoms with van der Waals surface area (Å²) in [6.45, 7) is 7.58. The molecular formula is C14H27N3O2. The highest BCUT2D eigenvalue weighted by atomic mass is 16.2. The molecule has 1 heterocycles. The van der Waals surface area contributed by atoms with Crippen molar-refractivity contribution >= 4 is 11.8 Å². The van der Waals surface area contributed by atoms with E-state index in [-0.39, 0.29) is 23.4 Å². The Morgan fingerprint density at radius 3 is 2.53 bits per heavy atom. The van der Waals surface area contributed by atoms with Crippen LogP contribution < -0.4 is 10.6 Å². The molecule has 2 N–H and O–H groups in total. The molecule has 0 bridgehead atoms. The van der Waals surface area contributed by atoms with Crippen LogP contribution in [0, 0.1) is 0 Å². The summed E-state index contributed by atoms with van der Waals surface area (Å²) in [5.41, 5.74) is 0.0162. The quantitative estimate of drug-likeness (QED) is 0.797. The first kappa shape index (κ1) is 16.0. The molecule has 0 spiro atoms. The number of hydrogen-bond donors (Lipinski definition) is 2. The molecule has 0 aliphatic carbocycles. The van der Waals surface area contributed by atoms with E-state index >= 15 is 0 Å². The van der Waals surface area contributed by atoms with Gasteiger partial charge >= 0.3 is 0 Å². The van der Waals surface area contributed by atoms with E-state index in [1.807, 2.05) is 0 Å². The fourth-order valence-electron chi connectivity index (χ4n) is 2.36. The smallest absolute Gasteiger partial charge is 0.242 e. The van der Waals surface area contributed by atoms with Crippen LogP contribution in [-0.2, 0) is 9.59 Å². The molecule has 1 saturated heterocycles. The summed E-state index contributed by atoms with van der Waals surface area (Å²) in [5, 5.41) is 5.95. The minimum absolute atomic E-state index is 0.0162. The lowest BCUT2D eigenvalue weighted by Crippen LogP contribution is -2.52. The second kappa shape index (κ2) is 6.89. The normalized spacial score (nSPS) is 20.2. The van der Waals surface area contributed by atoms with Crippen LogP contribution in [-0.4, -0.2) is 48.4 Å². The molecule has 0 aromatic rings. The van der Waals surface area contributed by atoms with Crippen molar-refractivity contribution in [3.05, 3.63) is 0 Å². The Kier molecular flexibility index (Phi) is 5.79. The molecule has 1 aliphatic heterocycles. The van der Waals surface area contributed by atoms with Crippen LogP contribution >= 0.6 is 0 Å². The first-order chi connectivity index (χ1) is 8.85. The van der Waals surface area contributed by atoms with Crippen LogP contribution in [0.3, 0.4) is 0 Å². The van der Waals surface area contributed by atoms with Gasteiger partial charge in [0.15, 0.2) is 0 Å². The van der Waals surface area contributed by atoms with Gasteiger partial charge in [0.1, 0.15) is 6.04 Å². The van der Waals surface area contributed by atoms with Crippen LogP contribution in [0.5, 0.6) is 0 Å². The molecule has 0 aromatic heterocycles. The van der Waals surface area contributed by atoms with Gasteiger partial charge in [-0.05, 0) is 40.0 Å². The Hall–Kier alpha value is -1.10. The minimum Gasteiger partial charge on any atom is -0.357 e. The minimum atomic E-state index is -0.277. The van der Waals surface area contributed by atoms with Crippen molar-refractivity contribution in [3.8, 4) is 0 Å². The molecule has 19 heavy (non-hydrogen) atoms. The van der Waals surface area contributed by atoms with E-state index in [4.69, 9.17) is 0 Å². The van der Waals surface area contributed by atoms with Crippen LogP contribution in [0.4, 0.5) is 0 Å². The van der Waals surface area contributed by atoms with E-state index in [2.05, 4.69) is 31.4 Å². The summed E-state index contributed by atoms with van der Waals surface area (Å²) in [7, 11) is 1.63. The summed E-state index contributed by atoms with van der Waals surface area (Å²) < 4.78 is 0. The van der Waals surface area contributed by atoms with Gasteiger partial charge in [-0.15, -0.1) is 0 Å². The number of amides is 2. The van der Waals surface area contributed by atoms with Crippen LogP contribution in [0.1, 0.15) is 46.5 Å². The molecule has 0 aromatic carbocycles. The first-order valence-electron chi connectivity index (χ1n) is 7.11. The van der Waals surface area contributed by atoms with Gasteiger partial charge in [-0.25, -0.2) is 0 Å². The maximum Gasteiger partial charge on any atom is 0.242 e. The maximum absolute atomic E-state index is 12.2. The van der Waals surface area contributed by atoms with Crippen molar-refractivity contribution in [1.29, 1.82) is 0 Å². The van der Waals surface area contributed by atoms with E-state index in [0.717, 1.165) is 19.3 Å². The summed E-state index contributed by atoms with van der Waals surface area (Å²) in [4.78, 5) is 25.8. The van der Waals surface area contributed by atoms with E-state index in [1.165, 1.54) is 0 Å². The average Bonchev–Trinajstić information content (AvgIpc) is 2.36. The van der Waals surface area contributed by atoms with E-state index in [9.17, 15) is 9.59 Å². The molecular weight excluding hydrogens is 242 g/mol. The standard InChI is InChI=1S/C14H27N3O2/c1-14(2,3)16-9-8-12(18)17-10-6-5-7-11(17)13(19)15-4/h11,16H,5-10H2,1-4H3,(H,15,19). The lowest BCUT2D eigenvalue weighted by molar-refractivity contribution is -0.142. The highest BCUT2D eigenvalue weighted by Crippen LogP contribution is 2.18. The Bertz CT molecular complexity index is 323. The highest BCUT2D eigenvalue weighted by Gasteiger charge is 2.31. The number of piperidine rings is 1. The zero-order chi connectivity index (χ0) is 14.5. The summed E-state index contributed by atoms with van der Waals surface area (Å²) in [5.74, 6) is 0.0295. The van der Waals surface area contributed by atoms with Gasteiger partial charge in [-0.2, -0.15) is 0 Å². The van der Waals surface area contributed by atoms with Gasteiger partial charge in [-0.3, -0.25) is 9.59 Å². The molecule has 5 nitrogen and oxygen atoms in total. The molecule has 0 saturated carbocycles. The number of likely N-dealkylation sites (tertiary alicyclic amines) is 1. The Morgan fingerprint density at radius 1 is 1.26 bits per heavy atom. The number of carbonyl (C=O) groups is 2. The van der Waals surface area contributed by atoms with Gasteiger partial charge in [0, 0.05) is 32.1 Å². The van der Waals surface area contributed by atoms with E-state index in [1.54, 1.807) is 11.9 Å². The summed E-state index contributed by atoms with van der Waals surface area (Å²) >= 11 is 0. The number of likely N-dealkylation sites (N-methyl/N-ethyl adjacent to an activating group) is 1. The molecule has 5 heteroatoms. The van der Waals surface area contributed by atoms with Crippen molar-refractivity contribution in [2.45, 2.75) is 58.0 Å². The monoisotopic (exact) mass is 269 g/mol. The van der Waals surface area contributed by atoms with Crippen LogP contribution in [0.2, 0.25) is 0 Å². The van der Waals surface area contributed by atoms with Crippen molar-refractivity contribution in [2.75, 3.05) is 20.1 Å². The van der Waals surface area contributed by atoms with Gasteiger partial charge in [-0.1, -0.05) is 0 Å². The zero-order valence-electron chi connectivity index (χ0n) is 12.6. The number of carbonyl (C=O) groups excluding carboxylic acids is 2. The number of hydrogen-bond acceptors (Lipinski definition) is 3. The topological polar surface area (TPSA) is 61.4 Å². The predicted octanol–water partition coefficient (Wildman–Crippen LogP) is 0.892. The van der Waals surface area contributed by atoms with E-state index in [0.29, 0.717) is 19.5 Å². The highest BCUT2D eigenvalue weighted by molar-refractivity contribution is 5.87. The third kappa shape index (κ3) is 5.19. The first-order valence-corrected chi connectivity index (χ1v) is 7.11. The molecule has 1 rings (SSSR count). The van der Waals surface area contributed by atoms with Crippen LogP contribution in [0.15, 0.2) is 0 Å². The second-order valence-corrected chi connectivity index (χ2v) is 6.14. The summed E-state index contributed by atoms with van der Waals surface area (Å²) in [6, 6.07) is -0.277. The predicted molar refractivity (Wildman–Crippen MR) is 75.8 cm³/mol. The molecule has 1 atom stereocenters. The molecule has 1 aliphatic rings. The number of nitrogens with zero attached hydrogens (tertiary/aromatic N) is 1. The Morgan fingerprint density at radius 2 is 1.95 bits per heavy atom. The zero-order valence-corrected chi connectivity index (χ0v) is 12.6. The molecule has 0 radical (unpaired) electrons. The van der Waals surface area contributed by atoms with Crippen molar-refractivity contribution in [3.63, 3.8) is 0 Å². The fraction of sp³-hybridized carbons (Fsp3) is 0.857. The van der Waals surface area contributed by atoms with Gasteiger partial charge in [0.05, 0.1) is 0 Å².